The Morgan fingerprint density at radius 1 is 0.564 bits per heavy atom. The summed E-state index contributed by atoms with van der Waals surface area (Å²) < 4.78 is 33.9. The first-order valence-electron chi connectivity index (χ1n) is 22.2. The molecule has 0 aliphatic rings. The Labute approximate surface area is 338 Å². The van der Waals surface area contributed by atoms with Crippen molar-refractivity contribution in [1.82, 2.24) is 0 Å². The SMILES string of the molecule is CCCCC/C=C\C/C=C\C/C=C\CCCCCCC(=O)OC[C@H](COP(=O)([O-])OCC[N+](C)(C)C)OC(=O)CCCCCCCCCCCCCCCC. The summed E-state index contributed by atoms with van der Waals surface area (Å²) in [7, 11) is 1.15. The quantitative estimate of drug-likeness (QED) is 0.0198. The average molecular weight is 798 g/mol. The molecule has 0 aromatic rings. The minimum atomic E-state index is -4.63. The first kappa shape index (κ1) is 53.2. The van der Waals surface area contributed by atoms with E-state index in [0.717, 1.165) is 57.8 Å². The van der Waals surface area contributed by atoms with Crippen LogP contribution in [0.3, 0.4) is 0 Å². The number of quaternary nitrogens is 1. The molecule has 0 radical (unpaired) electrons. The number of allylic oxidation sites excluding steroid dienone is 6. The Morgan fingerprint density at radius 3 is 1.49 bits per heavy atom. The van der Waals surface area contributed by atoms with Crippen LogP contribution in [0.2, 0.25) is 0 Å². The van der Waals surface area contributed by atoms with Crippen molar-refractivity contribution in [2.24, 2.45) is 0 Å². The molecule has 1 unspecified atom stereocenters. The van der Waals surface area contributed by atoms with Crippen LogP contribution >= 0.6 is 7.82 Å². The minimum Gasteiger partial charge on any atom is -0.756 e. The lowest BCUT2D eigenvalue weighted by Gasteiger charge is -2.28. The third-order valence-corrected chi connectivity index (χ3v) is 10.4. The summed E-state index contributed by atoms with van der Waals surface area (Å²) >= 11 is 0. The summed E-state index contributed by atoms with van der Waals surface area (Å²) in [6.07, 6.45) is 41.6. The summed E-state index contributed by atoms with van der Waals surface area (Å²) in [5, 5.41) is 0. The number of rotatable bonds is 40. The minimum absolute atomic E-state index is 0.0339. The summed E-state index contributed by atoms with van der Waals surface area (Å²) in [4.78, 5) is 37.5. The maximum atomic E-state index is 12.7. The van der Waals surface area contributed by atoms with Crippen LogP contribution in [0.4, 0.5) is 0 Å². The standard InChI is InChI=1S/C45H84NO8P/c1-6-8-10-12-14-16-18-20-22-23-24-26-27-29-31-33-35-37-44(47)51-41-43(42-53-55(49,50)52-40-39-46(3,4)5)54-45(48)38-36-34-32-30-28-25-21-19-17-15-13-11-9-7-2/h14,16,20,22,24,26,43H,6-13,15,17-19,21,23,25,27-42H2,1-5H3/b16-14-,22-20-,26-24-/t43-/m1/s1. The van der Waals surface area contributed by atoms with Crippen molar-refractivity contribution in [2.45, 2.75) is 193 Å². The number of hydrogen-bond donors (Lipinski definition) is 0. The Bertz CT molecular complexity index is 1040. The van der Waals surface area contributed by atoms with Crippen molar-refractivity contribution in [3.8, 4) is 0 Å². The van der Waals surface area contributed by atoms with E-state index in [0.29, 0.717) is 23.9 Å². The van der Waals surface area contributed by atoms with Crippen LogP contribution < -0.4 is 4.89 Å². The van der Waals surface area contributed by atoms with Gasteiger partial charge in [-0.3, -0.25) is 14.2 Å². The number of hydrogen-bond acceptors (Lipinski definition) is 8. The number of esters is 2. The van der Waals surface area contributed by atoms with E-state index in [2.05, 4.69) is 50.3 Å². The van der Waals surface area contributed by atoms with Gasteiger partial charge in [-0.25, -0.2) is 0 Å². The van der Waals surface area contributed by atoms with Crippen molar-refractivity contribution >= 4 is 19.8 Å². The van der Waals surface area contributed by atoms with Crippen molar-refractivity contribution in [2.75, 3.05) is 47.5 Å². The number of carbonyl (C=O) groups excluding carboxylic acids is 2. The van der Waals surface area contributed by atoms with Gasteiger partial charge in [0.15, 0.2) is 6.10 Å². The molecule has 9 nitrogen and oxygen atoms in total. The zero-order chi connectivity index (χ0) is 40.7. The van der Waals surface area contributed by atoms with Crippen LogP contribution in [0.5, 0.6) is 0 Å². The van der Waals surface area contributed by atoms with Crippen LogP contribution in [0, 0.1) is 0 Å². The molecular weight excluding hydrogens is 713 g/mol. The van der Waals surface area contributed by atoms with E-state index < -0.39 is 32.5 Å². The molecule has 0 bridgehead atoms. The monoisotopic (exact) mass is 798 g/mol. The Morgan fingerprint density at radius 2 is 0.982 bits per heavy atom. The average Bonchev–Trinajstić information content (AvgIpc) is 3.13. The van der Waals surface area contributed by atoms with Gasteiger partial charge in [-0.15, -0.1) is 0 Å². The van der Waals surface area contributed by atoms with E-state index in [1.165, 1.54) is 89.9 Å². The normalized spacial score (nSPS) is 13.9. The van der Waals surface area contributed by atoms with Gasteiger partial charge in [-0.1, -0.05) is 159 Å². The van der Waals surface area contributed by atoms with Gasteiger partial charge in [0.2, 0.25) is 0 Å². The highest BCUT2D eigenvalue weighted by atomic mass is 31.2. The molecule has 0 aromatic heterocycles. The fraction of sp³-hybridized carbons (Fsp3) is 0.822. The number of unbranched alkanes of at least 4 members (excludes halogenated alkanes) is 20. The summed E-state index contributed by atoms with van der Waals surface area (Å²) in [5.41, 5.74) is 0. The predicted molar refractivity (Wildman–Crippen MR) is 227 cm³/mol. The molecule has 0 aromatic carbocycles. The fourth-order valence-electron chi connectivity index (χ4n) is 5.90. The topological polar surface area (TPSA) is 111 Å². The fourth-order valence-corrected chi connectivity index (χ4v) is 6.62. The number of likely N-dealkylation sites (N-methyl/N-ethyl adjacent to an activating group) is 1. The molecule has 0 spiro atoms. The molecule has 10 heteroatoms. The Hall–Kier alpha value is -1.77. The van der Waals surface area contributed by atoms with Crippen LogP contribution in [0.15, 0.2) is 36.5 Å². The largest absolute Gasteiger partial charge is 0.756 e. The smallest absolute Gasteiger partial charge is 0.306 e. The highest BCUT2D eigenvalue weighted by Gasteiger charge is 2.21. The number of nitrogens with zero attached hydrogens (tertiary/aromatic N) is 1. The van der Waals surface area contributed by atoms with Gasteiger partial charge in [0.05, 0.1) is 27.7 Å². The molecule has 0 N–H and O–H groups in total. The molecule has 0 aliphatic carbocycles. The van der Waals surface area contributed by atoms with E-state index in [-0.39, 0.29) is 26.1 Å². The molecule has 322 valence electrons. The third-order valence-electron chi connectivity index (χ3n) is 9.41. The molecular formula is C45H84NO8P. The van der Waals surface area contributed by atoms with Gasteiger partial charge in [-0.2, -0.15) is 0 Å². The number of ether oxygens (including phenoxy) is 2. The van der Waals surface area contributed by atoms with E-state index >= 15 is 0 Å². The van der Waals surface area contributed by atoms with E-state index in [4.69, 9.17) is 18.5 Å². The molecule has 2 atom stereocenters. The summed E-state index contributed by atoms with van der Waals surface area (Å²) in [5.74, 6) is -0.856. The van der Waals surface area contributed by atoms with Gasteiger partial charge < -0.3 is 27.9 Å². The zero-order valence-electron chi connectivity index (χ0n) is 36.1. The first-order valence-corrected chi connectivity index (χ1v) is 23.7. The molecule has 0 fully saturated rings. The van der Waals surface area contributed by atoms with Gasteiger partial charge >= 0.3 is 11.9 Å². The maximum absolute atomic E-state index is 12.7. The number of carbonyl (C=O) groups is 2. The highest BCUT2D eigenvalue weighted by molar-refractivity contribution is 7.45. The lowest BCUT2D eigenvalue weighted by Crippen LogP contribution is -2.37. The first-order chi connectivity index (χ1) is 26.5. The maximum Gasteiger partial charge on any atom is 0.306 e. The molecule has 0 heterocycles. The van der Waals surface area contributed by atoms with E-state index in [1.807, 2.05) is 21.1 Å². The van der Waals surface area contributed by atoms with Crippen LogP contribution in [0.25, 0.3) is 0 Å². The van der Waals surface area contributed by atoms with Gasteiger partial charge in [-0.05, 0) is 51.4 Å². The van der Waals surface area contributed by atoms with Crippen molar-refractivity contribution < 1.29 is 42.1 Å². The summed E-state index contributed by atoms with van der Waals surface area (Å²) in [6, 6.07) is 0. The molecule has 0 aliphatic heterocycles. The lowest BCUT2D eigenvalue weighted by molar-refractivity contribution is -0.870. The van der Waals surface area contributed by atoms with E-state index in [1.54, 1.807) is 0 Å². The van der Waals surface area contributed by atoms with Crippen molar-refractivity contribution in [1.29, 1.82) is 0 Å². The van der Waals surface area contributed by atoms with Gasteiger partial charge in [0.25, 0.3) is 7.82 Å². The van der Waals surface area contributed by atoms with Gasteiger partial charge in [0.1, 0.15) is 19.8 Å². The zero-order valence-corrected chi connectivity index (χ0v) is 37.0. The molecule has 0 saturated heterocycles. The second kappa shape index (κ2) is 37.8. The predicted octanol–water partition coefficient (Wildman–Crippen LogP) is 11.9. The summed E-state index contributed by atoms with van der Waals surface area (Å²) in [6.45, 7) is 4.18. The van der Waals surface area contributed by atoms with Crippen LogP contribution in [-0.2, 0) is 32.7 Å². The highest BCUT2D eigenvalue weighted by Crippen LogP contribution is 2.38. The molecule has 0 rings (SSSR count). The number of phosphoric ester groups is 1. The van der Waals surface area contributed by atoms with Crippen LogP contribution in [-0.4, -0.2) is 70.0 Å². The van der Waals surface area contributed by atoms with Gasteiger partial charge in [0, 0.05) is 12.8 Å². The molecule has 0 amide bonds. The Kier molecular flexibility index (Phi) is 36.6. The second-order valence-electron chi connectivity index (χ2n) is 16.1. The van der Waals surface area contributed by atoms with E-state index in [9.17, 15) is 19.0 Å². The van der Waals surface area contributed by atoms with Crippen molar-refractivity contribution in [3.05, 3.63) is 36.5 Å². The molecule has 0 saturated carbocycles. The Balaban J connectivity index is 4.39. The third kappa shape index (κ3) is 41.7. The number of phosphoric acid groups is 1. The molecule has 55 heavy (non-hydrogen) atoms. The van der Waals surface area contributed by atoms with Crippen LogP contribution in [0.1, 0.15) is 187 Å². The van der Waals surface area contributed by atoms with Crippen molar-refractivity contribution in [3.63, 3.8) is 0 Å². The second-order valence-corrected chi connectivity index (χ2v) is 17.5. The lowest BCUT2D eigenvalue weighted by atomic mass is 10.0.